The normalized spacial score (nSPS) is 10.7. The predicted octanol–water partition coefficient (Wildman–Crippen LogP) is 2.48. The van der Waals surface area contributed by atoms with Crippen molar-refractivity contribution in [2.24, 2.45) is 0 Å². The molecule has 2 amide bonds. The number of nitrogens with one attached hydrogen (secondary N) is 2. The van der Waals surface area contributed by atoms with Gasteiger partial charge in [0.05, 0.1) is 0 Å². The highest BCUT2D eigenvalue weighted by atomic mass is 16.2. The predicted molar refractivity (Wildman–Crippen MR) is 101 cm³/mol. The van der Waals surface area contributed by atoms with E-state index >= 15 is 0 Å². The van der Waals surface area contributed by atoms with Crippen molar-refractivity contribution < 1.29 is 9.59 Å². The topological polar surface area (TPSA) is 75.5 Å². The van der Waals surface area contributed by atoms with Crippen LogP contribution in [0.3, 0.4) is 0 Å². The van der Waals surface area contributed by atoms with E-state index in [0.29, 0.717) is 24.5 Å². The van der Waals surface area contributed by atoms with Gasteiger partial charge in [-0.15, -0.1) is 0 Å². The van der Waals surface area contributed by atoms with Gasteiger partial charge in [0.2, 0.25) is 5.91 Å². The highest BCUT2D eigenvalue weighted by Crippen LogP contribution is 2.25. The van der Waals surface area contributed by atoms with Crippen LogP contribution in [0.1, 0.15) is 28.5 Å². The molecule has 1 aromatic carbocycles. The Balaban J connectivity index is 1.99. The van der Waals surface area contributed by atoms with Gasteiger partial charge in [0.15, 0.2) is 0 Å². The van der Waals surface area contributed by atoms with Crippen LogP contribution in [-0.4, -0.2) is 34.3 Å². The van der Waals surface area contributed by atoms with E-state index in [1.54, 1.807) is 0 Å². The lowest BCUT2D eigenvalue weighted by Crippen LogP contribution is -2.34. The van der Waals surface area contributed by atoms with E-state index in [1.807, 2.05) is 60.8 Å². The van der Waals surface area contributed by atoms with Gasteiger partial charge in [0, 0.05) is 31.8 Å². The summed E-state index contributed by atoms with van der Waals surface area (Å²) in [6, 6.07) is 11.8. The fraction of sp³-hybridized carbons (Fsp3) is 0.250. The Bertz CT molecular complexity index is 958. The Morgan fingerprint density at radius 2 is 1.62 bits per heavy atom. The minimum atomic E-state index is -0.218. The number of carbonyl (C=O) groups is 2. The molecule has 0 saturated carbocycles. The molecule has 3 rings (SSSR count). The molecule has 0 unspecified atom stereocenters. The van der Waals surface area contributed by atoms with E-state index in [9.17, 15) is 9.59 Å². The van der Waals surface area contributed by atoms with E-state index in [0.717, 1.165) is 22.3 Å². The second-order valence-corrected chi connectivity index (χ2v) is 6.35. The van der Waals surface area contributed by atoms with Gasteiger partial charge in [-0.1, -0.05) is 35.9 Å². The van der Waals surface area contributed by atoms with Crippen LogP contribution in [0.5, 0.6) is 0 Å². The third kappa shape index (κ3) is 3.74. The van der Waals surface area contributed by atoms with Crippen LogP contribution in [0.25, 0.3) is 16.9 Å². The molecule has 0 bridgehead atoms. The van der Waals surface area contributed by atoms with Crippen LogP contribution in [0, 0.1) is 13.8 Å². The maximum atomic E-state index is 12.9. The Kier molecular flexibility index (Phi) is 5.02. The van der Waals surface area contributed by atoms with Gasteiger partial charge in [0.1, 0.15) is 17.0 Å². The summed E-state index contributed by atoms with van der Waals surface area (Å²) in [4.78, 5) is 28.5. The lowest BCUT2D eigenvalue weighted by atomic mass is 10.1. The molecule has 6 heteroatoms. The van der Waals surface area contributed by atoms with E-state index in [2.05, 4.69) is 15.6 Å². The zero-order chi connectivity index (χ0) is 18.7. The average molecular weight is 350 g/mol. The molecule has 0 aliphatic carbocycles. The highest BCUT2D eigenvalue weighted by molar-refractivity contribution is 5.99. The van der Waals surface area contributed by atoms with Crippen molar-refractivity contribution in [3.05, 3.63) is 59.4 Å². The molecule has 26 heavy (non-hydrogen) atoms. The first kappa shape index (κ1) is 17.7. The van der Waals surface area contributed by atoms with Crippen LogP contribution in [0.15, 0.2) is 42.6 Å². The van der Waals surface area contributed by atoms with Crippen molar-refractivity contribution in [3.63, 3.8) is 0 Å². The molecule has 0 radical (unpaired) electrons. The molecule has 6 nitrogen and oxygen atoms in total. The Morgan fingerprint density at radius 1 is 0.962 bits per heavy atom. The van der Waals surface area contributed by atoms with E-state index in [-0.39, 0.29) is 11.8 Å². The zero-order valence-electron chi connectivity index (χ0n) is 15.2. The lowest BCUT2D eigenvalue weighted by Gasteiger charge is -2.08. The SMILES string of the molecule is CC(=O)NCCNC(=O)c1c(-c2ccc(C)cc2)nc2ccc(C)cn12. The Labute approximate surface area is 152 Å². The smallest absolute Gasteiger partial charge is 0.270 e. The van der Waals surface area contributed by atoms with Crippen LogP contribution in [0.4, 0.5) is 0 Å². The quantitative estimate of drug-likeness (QED) is 0.694. The summed E-state index contributed by atoms with van der Waals surface area (Å²) in [7, 11) is 0. The first-order chi connectivity index (χ1) is 12.5. The minimum Gasteiger partial charge on any atom is -0.355 e. The van der Waals surface area contributed by atoms with Gasteiger partial charge < -0.3 is 10.6 Å². The summed E-state index contributed by atoms with van der Waals surface area (Å²) in [5.41, 5.74) is 4.94. The fourth-order valence-corrected chi connectivity index (χ4v) is 2.78. The summed E-state index contributed by atoms with van der Waals surface area (Å²) in [5, 5.41) is 5.53. The number of rotatable bonds is 5. The number of nitrogens with zero attached hydrogens (tertiary/aromatic N) is 2. The monoisotopic (exact) mass is 350 g/mol. The second-order valence-electron chi connectivity index (χ2n) is 6.35. The zero-order valence-corrected chi connectivity index (χ0v) is 15.2. The number of benzene rings is 1. The van der Waals surface area contributed by atoms with Gasteiger partial charge in [-0.25, -0.2) is 4.98 Å². The van der Waals surface area contributed by atoms with E-state index in [1.165, 1.54) is 6.92 Å². The van der Waals surface area contributed by atoms with Crippen molar-refractivity contribution in [2.45, 2.75) is 20.8 Å². The van der Waals surface area contributed by atoms with Gasteiger partial charge >= 0.3 is 0 Å². The van der Waals surface area contributed by atoms with Crippen molar-refractivity contribution in [2.75, 3.05) is 13.1 Å². The molecule has 0 fully saturated rings. The van der Waals surface area contributed by atoms with Gasteiger partial charge in [0.25, 0.3) is 5.91 Å². The minimum absolute atomic E-state index is 0.120. The summed E-state index contributed by atoms with van der Waals surface area (Å²) in [5.74, 6) is -0.339. The maximum Gasteiger partial charge on any atom is 0.270 e. The number of imidazole rings is 1. The van der Waals surface area contributed by atoms with Gasteiger partial charge in [-0.2, -0.15) is 0 Å². The first-order valence-electron chi connectivity index (χ1n) is 8.54. The molecular weight excluding hydrogens is 328 g/mol. The number of aryl methyl sites for hydroxylation is 2. The van der Waals surface area contributed by atoms with Crippen molar-refractivity contribution >= 4 is 17.5 Å². The number of amides is 2. The molecule has 2 heterocycles. The second kappa shape index (κ2) is 7.39. The highest BCUT2D eigenvalue weighted by Gasteiger charge is 2.20. The fourth-order valence-electron chi connectivity index (χ4n) is 2.78. The molecular formula is C20H22N4O2. The van der Waals surface area contributed by atoms with Crippen LogP contribution < -0.4 is 10.6 Å². The van der Waals surface area contributed by atoms with E-state index < -0.39 is 0 Å². The van der Waals surface area contributed by atoms with E-state index in [4.69, 9.17) is 0 Å². The molecule has 0 atom stereocenters. The van der Waals surface area contributed by atoms with Crippen molar-refractivity contribution in [1.82, 2.24) is 20.0 Å². The summed E-state index contributed by atoms with van der Waals surface area (Å²) in [6.45, 7) is 6.18. The van der Waals surface area contributed by atoms with Crippen LogP contribution >= 0.6 is 0 Å². The molecule has 2 aromatic heterocycles. The summed E-state index contributed by atoms with van der Waals surface area (Å²) in [6.07, 6.45) is 1.91. The van der Waals surface area contributed by atoms with Crippen molar-refractivity contribution in [3.8, 4) is 11.3 Å². The van der Waals surface area contributed by atoms with Crippen LogP contribution in [-0.2, 0) is 4.79 Å². The lowest BCUT2D eigenvalue weighted by molar-refractivity contribution is -0.118. The largest absolute Gasteiger partial charge is 0.355 e. The Hall–Kier alpha value is -3.15. The molecule has 3 aromatic rings. The molecule has 0 aliphatic rings. The van der Waals surface area contributed by atoms with Crippen LogP contribution in [0.2, 0.25) is 0 Å². The number of fused-ring (bicyclic) bond motifs is 1. The third-order valence-corrected chi connectivity index (χ3v) is 4.09. The maximum absolute atomic E-state index is 12.9. The number of pyridine rings is 1. The molecule has 134 valence electrons. The van der Waals surface area contributed by atoms with Crippen molar-refractivity contribution in [1.29, 1.82) is 0 Å². The molecule has 2 N–H and O–H groups in total. The standard InChI is InChI=1S/C20H22N4O2/c1-13-4-7-16(8-5-13)18-19(20(26)22-11-10-21-15(3)25)24-12-14(2)6-9-17(24)23-18/h4-9,12H,10-11H2,1-3H3,(H,21,25)(H,22,26). The first-order valence-corrected chi connectivity index (χ1v) is 8.54. The average Bonchev–Trinajstić information content (AvgIpc) is 2.97. The number of carbonyl (C=O) groups excluding carboxylic acids is 2. The number of hydrogen-bond donors (Lipinski definition) is 2. The number of aromatic nitrogens is 2. The van der Waals surface area contributed by atoms with Gasteiger partial charge in [-0.3, -0.25) is 14.0 Å². The summed E-state index contributed by atoms with van der Waals surface area (Å²) >= 11 is 0. The Morgan fingerprint density at radius 3 is 2.31 bits per heavy atom. The van der Waals surface area contributed by atoms with Gasteiger partial charge in [-0.05, 0) is 25.5 Å². The molecule has 0 saturated heterocycles. The third-order valence-electron chi connectivity index (χ3n) is 4.09. The molecule has 0 spiro atoms. The molecule has 0 aliphatic heterocycles. The summed E-state index contributed by atoms with van der Waals surface area (Å²) < 4.78 is 1.82. The number of hydrogen-bond acceptors (Lipinski definition) is 3.